The van der Waals surface area contributed by atoms with Gasteiger partial charge in [0.2, 0.25) is 0 Å². The molecule has 0 saturated carbocycles. The summed E-state index contributed by atoms with van der Waals surface area (Å²) in [5, 5.41) is 17.8. The quantitative estimate of drug-likeness (QED) is 0.550. The van der Waals surface area contributed by atoms with E-state index in [0.29, 0.717) is 12.8 Å². The van der Waals surface area contributed by atoms with Crippen LogP contribution in [0.25, 0.3) is 0 Å². The summed E-state index contributed by atoms with van der Waals surface area (Å²) in [5.41, 5.74) is 3.05. The normalized spacial score (nSPS) is 12.9. The van der Waals surface area contributed by atoms with E-state index < -0.39 is 20.1 Å². The average molecular weight is 214 g/mol. The molecular formula is C10H18O3Si. The second-order valence-corrected chi connectivity index (χ2v) is 9.07. The van der Waals surface area contributed by atoms with Gasteiger partial charge in [-0.1, -0.05) is 25.6 Å². The van der Waals surface area contributed by atoms with Gasteiger partial charge < -0.3 is 10.2 Å². The second-order valence-electron chi connectivity index (χ2n) is 4.32. The Balaban J connectivity index is 3.79. The lowest BCUT2D eigenvalue weighted by Gasteiger charge is -2.06. The van der Waals surface area contributed by atoms with Gasteiger partial charge in [0, 0.05) is 6.42 Å². The zero-order valence-electron chi connectivity index (χ0n) is 9.00. The van der Waals surface area contributed by atoms with E-state index in [0.717, 1.165) is 0 Å². The van der Waals surface area contributed by atoms with Gasteiger partial charge >= 0.3 is 5.97 Å². The molecule has 0 aliphatic carbocycles. The third-order valence-electron chi connectivity index (χ3n) is 1.48. The molecule has 0 spiro atoms. The van der Waals surface area contributed by atoms with Crippen molar-refractivity contribution in [1.82, 2.24) is 0 Å². The minimum Gasteiger partial charge on any atom is -0.481 e. The predicted molar refractivity (Wildman–Crippen MR) is 58.6 cm³/mol. The number of aliphatic hydroxyl groups is 1. The third kappa shape index (κ3) is 9.30. The van der Waals surface area contributed by atoms with Crippen molar-refractivity contribution in [2.24, 2.45) is 0 Å². The fraction of sp³-hybridized carbons (Fsp3) is 0.700. The van der Waals surface area contributed by atoms with E-state index in [2.05, 4.69) is 31.1 Å². The largest absolute Gasteiger partial charge is 0.481 e. The number of hydrogen-bond acceptors (Lipinski definition) is 2. The summed E-state index contributed by atoms with van der Waals surface area (Å²) in [6.45, 7) is 6.30. The summed E-state index contributed by atoms with van der Waals surface area (Å²) < 4.78 is 0. The molecule has 0 heterocycles. The Kier molecular flexibility index (Phi) is 5.51. The molecular weight excluding hydrogens is 196 g/mol. The molecule has 0 saturated heterocycles. The number of hydrogen-bond donors (Lipinski definition) is 2. The van der Waals surface area contributed by atoms with E-state index in [-0.39, 0.29) is 6.42 Å². The average Bonchev–Trinajstić information content (AvgIpc) is 1.99. The Bertz CT molecular complexity index is 244. The first-order valence-corrected chi connectivity index (χ1v) is 8.24. The molecule has 4 heteroatoms. The molecule has 0 fully saturated rings. The highest BCUT2D eigenvalue weighted by Crippen LogP contribution is 2.02. The minimum absolute atomic E-state index is 0.103. The van der Waals surface area contributed by atoms with Gasteiger partial charge in [-0.15, -0.1) is 5.54 Å². The molecule has 0 aliphatic heterocycles. The SMILES string of the molecule is C[Si](C)(C)C#CC(O)CCCC(=O)O. The Hall–Kier alpha value is -0.793. The van der Waals surface area contributed by atoms with E-state index in [1.165, 1.54) is 0 Å². The van der Waals surface area contributed by atoms with Gasteiger partial charge in [0.05, 0.1) is 0 Å². The first kappa shape index (κ1) is 13.2. The summed E-state index contributed by atoms with van der Waals surface area (Å²) in [7, 11) is -1.42. The molecule has 0 aromatic heterocycles. The van der Waals surface area contributed by atoms with Crippen LogP contribution in [0.3, 0.4) is 0 Å². The standard InChI is InChI=1S/C10H18O3Si/c1-14(2,3)8-7-9(11)5-4-6-10(12)13/h9,11H,4-6H2,1-3H3,(H,12,13). The fourth-order valence-electron chi connectivity index (χ4n) is 0.819. The zero-order valence-corrected chi connectivity index (χ0v) is 10.0. The van der Waals surface area contributed by atoms with Crippen LogP contribution in [0.1, 0.15) is 19.3 Å². The van der Waals surface area contributed by atoms with Crippen molar-refractivity contribution in [3.8, 4) is 11.5 Å². The Morgan fingerprint density at radius 1 is 1.43 bits per heavy atom. The van der Waals surface area contributed by atoms with Gasteiger partial charge in [-0.25, -0.2) is 0 Å². The molecule has 0 amide bonds. The van der Waals surface area contributed by atoms with Crippen molar-refractivity contribution in [1.29, 1.82) is 0 Å². The predicted octanol–water partition coefficient (Wildman–Crippen LogP) is 1.48. The summed E-state index contributed by atoms with van der Waals surface area (Å²) in [6, 6.07) is 0. The molecule has 1 atom stereocenters. The number of aliphatic hydroxyl groups excluding tert-OH is 1. The van der Waals surface area contributed by atoms with Crippen molar-refractivity contribution < 1.29 is 15.0 Å². The molecule has 0 aliphatic rings. The molecule has 0 aromatic rings. The van der Waals surface area contributed by atoms with Crippen LogP contribution in [0.15, 0.2) is 0 Å². The lowest BCUT2D eigenvalue weighted by molar-refractivity contribution is -0.137. The van der Waals surface area contributed by atoms with Gasteiger partial charge in [-0.2, -0.15) is 0 Å². The van der Waals surface area contributed by atoms with Crippen LogP contribution < -0.4 is 0 Å². The lowest BCUT2D eigenvalue weighted by Crippen LogP contribution is -2.18. The molecule has 0 radical (unpaired) electrons. The van der Waals surface area contributed by atoms with Crippen molar-refractivity contribution in [3.63, 3.8) is 0 Å². The van der Waals surface area contributed by atoms with Crippen LogP contribution in [-0.4, -0.2) is 30.4 Å². The smallest absolute Gasteiger partial charge is 0.303 e. The molecule has 80 valence electrons. The molecule has 2 N–H and O–H groups in total. The maximum atomic E-state index is 10.2. The van der Waals surface area contributed by atoms with E-state index in [4.69, 9.17) is 5.11 Å². The monoisotopic (exact) mass is 214 g/mol. The number of rotatable bonds is 4. The Morgan fingerprint density at radius 2 is 2.00 bits per heavy atom. The maximum absolute atomic E-state index is 10.2. The molecule has 0 bridgehead atoms. The molecule has 1 unspecified atom stereocenters. The van der Waals surface area contributed by atoms with Gasteiger partial charge in [-0.05, 0) is 12.8 Å². The van der Waals surface area contributed by atoms with Crippen LogP contribution in [0.5, 0.6) is 0 Å². The molecule has 3 nitrogen and oxygen atoms in total. The van der Waals surface area contributed by atoms with Crippen LogP contribution in [0, 0.1) is 11.5 Å². The third-order valence-corrected chi connectivity index (χ3v) is 2.38. The highest BCUT2D eigenvalue weighted by molar-refractivity contribution is 6.83. The van der Waals surface area contributed by atoms with Crippen molar-refractivity contribution in [3.05, 3.63) is 0 Å². The summed E-state index contributed by atoms with van der Waals surface area (Å²) >= 11 is 0. The first-order valence-electron chi connectivity index (χ1n) is 4.74. The first-order chi connectivity index (χ1) is 6.31. The van der Waals surface area contributed by atoms with E-state index in [1.807, 2.05) is 0 Å². The topological polar surface area (TPSA) is 57.5 Å². The van der Waals surface area contributed by atoms with Crippen LogP contribution in [0.4, 0.5) is 0 Å². The van der Waals surface area contributed by atoms with Gasteiger partial charge in [-0.3, -0.25) is 4.79 Å². The van der Waals surface area contributed by atoms with Crippen LogP contribution >= 0.6 is 0 Å². The summed E-state index contributed by atoms with van der Waals surface area (Å²) in [4.78, 5) is 10.2. The van der Waals surface area contributed by atoms with Crippen LogP contribution in [-0.2, 0) is 4.79 Å². The van der Waals surface area contributed by atoms with Gasteiger partial charge in [0.25, 0.3) is 0 Å². The van der Waals surface area contributed by atoms with Crippen LogP contribution in [0.2, 0.25) is 19.6 Å². The highest BCUT2D eigenvalue weighted by Gasteiger charge is 2.09. The zero-order chi connectivity index (χ0) is 11.2. The fourth-order valence-corrected chi connectivity index (χ4v) is 1.42. The van der Waals surface area contributed by atoms with E-state index >= 15 is 0 Å². The van der Waals surface area contributed by atoms with Crippen molar-refractivity contribution >= 4 is 14.0 Å². The molecule has 0 rings (SSSR count). The van der Waals surface area contributed by atoms with E-state index in [1.54, 1.807) is 0 Å². The minimum atomic E-state index is -1.42. The summed E-state index contributed by atoms with van der Waals surface area (Å²) in [5.74, 6) is 1.95. The summed E-state index contributed by atoms with van der Waals surface area (Å²) in [6.07, 6.45) is 0.368. The maximum Gasteiger partial charge on any atom is 0.303 e. The molecule has 0 aromatic carbocycles. The van der Waals surface area contributed by atoms with E-state index in [9.17, 15) is 9.90 Å². The molecule has 14 heavy (non-hydrogen) atoms. The van der Waals surface area contributed by atoms with Gasteiger partial charge in [0.1, 0.15) is 14.2 Å². The second kappa shape index (κ2) is 5.84. The number of carbonyl (C=O) groups is 1. The van der Waals surface area contributed by atoms with Crippen molar-refractivity contribution in [2.45, 2.75) is 45.0 Å². The highest BCUT2D eigenvalue weighted by atomic mass is 28.3. The lowest BCUT2D eigenvalue weighted by atomic mass is 10.2. The van der Waals surface area contributed by atoms with Gasteiger partial charge in [0.15, 0.2) is 0 Å². The number of aliphatic carboxylic acids is 1. The number of carboxylic acids is 1. The number of carboxylic acid groups (broad SMARTS) is 1. The Labute approximate surface area is 86.2 Å². The van der Waals surface area contributed by atoms with Crippen molar-refractivity contribution in [2.75, 3.05) is 0 Å². The Morgan fingerprint density at radius 3 is 2.43 bits per heavy atom.